The number of aromatic amines is 1. The van der Waals surface area contributed by atoms with E-state index in [1.54, 1.807) is 26.2 Å². The first-order chi connectivity index (χ1) is 11.8. The molecular formula is C16H15N3O5S. The van der Waals surface area contributed by atoms with E-state index in [4.69, 9.17) is 4.42 Å². The first kappa shape index (κ1) is 16.8. The van der Waals surface area contributed by atoms with Crippen molar-refractivity contribution < 1.29 is 17.6 Å². The Labute approximate surface area is 143 Å². The van der Waals surface area contributed by atoms with Gasteiger partial charge < -0.3 is 9.32 Å². The molecule has 0 bridgehead atoms. The molecule has 9 heteroatoms. The van der Waals surface area contributed by atoms with Gasteiger partial charge in [0.1, 0.15) is 0 Å². The molecule has 0 saturated heterocycles. The fourth-order valence-electron chi connectivity index (χ4n) is 2.30. The van der Waals surface area contributed by atoms with Crippen molar-refractivity contribution in [3.63, 3.8) is 0 Å². The highest BCUT2D eigenvalue weighted by Crippen LogP contribution is 2.23. The van der Waals surface area contributed by atoms with Crippen LogP contribution in [0.5, 0.6) is 0 Å². The van der Waals surface area contributed by atoms with Crippen LogP contribution in [-0.4, -0.2) is 38.3 Å². The Balaban J connectivity index is 2.01. The number of para-hydroxylation sites is 1. The molecule has 0 fully saturated rings. The number of benzene rings is 2. The van der Waals surface area contributed by atoms with Gasteiger partial charge in [-0.15, -0.1) is 0 Å². The molecule has 3 rings (SSSR count). The highest BCUT2D eigenvalue weighted by Gasteiger charge is 2.20. The van der Waals surface area contributed by atoms with E-state index in [0.29, 0.717) is 5.52 Å². The second-order valence-electron chi connectivity index (χ2n) is 5.52. The van der Waals surface area contributed by atoms with Crippen molar-refractivity contribution in [2.75, 3.05) is 18.8 Å². The minimum Gasteiger partial charge on any atom is -0.408 e. The molecule has 25 heavy (non-hydrogen) atoms. The van der Waals surface area contributed by atoms with Crippen LogP contribution in [0, 0.1) is 0 Å². The van der Waals surface area contributed by atoms with Crippen LogP contribution >= 0.6 is 0 Å². The van der Waals surface area contributed by atoms with Gasteiger partial charge in [0.2, 0.25) is 0 Å². The largest absolute Gasteiger partial charge is 0.417 e. The summed E-state index contributed by atoms with van der Waals surface area (Å²) in [6.45, 7) is 0. The maximum Gasteiger partial charge on any atom is 0.417 e. The summed E-state index contributed by atoms with van der Waals surface area (Å²) in [5, 5.41) is 0. The second kappa shape index (κ2) is 6.10. The number of carbonyl (C=O) groups is 1. The summed E-state index contributed by atoms with van der Waals surface area (Å²) in [6, 6.07) is 10.3. The van der Waals surface area contributed by atoms with Crippen LogP contribution in [-0.2, 0) is 10.0 Å². The number of carbonyl (C=O) groups excluding carboxylic acids is 1. The third-order valence-corrected chi connectivity index (χ3v) is 4.87. The number of hydrogen-bond acceptors (Lipinski definition) is 5. The number of nitrogens with one attached hydrogen (secondary N) is 2. The lowest BCUT2D eigenvalue weighted by molar-refractivity contribution is 0.0828. The van der Waals surface area contributed by atoms with Gasteiger partial charge >= 0.3 is 5.76 Å². The third-order valence-electron chi connectivity index (χ3n) is 3.51. The Morgan fingerprint density at radius 1 is 1.16 bits per heavy atom. The van der Waals surface area contributed by atoms with E-state index < -0.39 is 15.8 Å². The number of sulfonamides is 1. The molecule has 3 aromatic rings. The molecule has 0 radical (unpaired) electrons. The van der Waals surface area contributed by atoms with E-state index in [-0.39, 0.29) is 27.6 Å². The maximum absolute atomic E-state index is 12.6. The Hall–Kier alpha value is -3.07. The zero-order valence-electron chi connectivity index (χ0n) is 13.4. The number of oxazole rings is 1. The number of fused-ring (bicyclic) bond motifs is 1. The predicted molar refractivity (Wildman–Crippen MR) is 92.1 cm³/mol. The number of anilines is 1. The standard InChI is InChI=1S/C16H15N3O5S/c1-19(2)15(20)11-5-3-4-6-12(11)18-25(22,23)10-7-8-13-14(9-10)24-16(21)17-13/h3-9,18H,1-2H3,(H,17,21). The molecule has 0 atom stereocenters. The molecule has 0 unspecified atom stereocenters. The lowest BCUT2D eigenvalue weighted by Crippen LogP contribution is -2.24. The molecule has 130 valence electrons. The van der Waals surface area contributed by atoms with E-state index >= 15 is 0 Å². The number of aromatic nitrogens is 1. The number of H-pyrrole nitrogens is 1. The summed E-state index contributed by atoms with van der Waals surface area (Å²) in [4.78, 5) is 27.1. The van der Waals surface area contributed by atoms with Crippen LogP contribution in [0.1, 0.15) is 10.4 Å². The molecule has 1 aromatic heterocycles. The summed E-state index contributed by atoms with van der Waals surface area (Å²) in [6.07, 6.45) is 0. The van der Waals surface area contributed by atoms with E-state index in [0.717, 1.165) is 0 Å². The van der Waals surface area contributed by atoms with Gasteiger partial charge in [-0.3, -0.25) is 14.5 Å². The summed E-state index contributed by atoms with van der Waals surface area (Å²) in [7, 11) is -0.816. The number of rotatable bonds is 4. The molecule has 0 aliphatic carbocycles. The normalized spacial score (nSPS) is 11.4. The predicted octanol–water partition coefficient (Wildman–Crippen LogP) is 1.62. The Bertz CT molecular complexity index is 1110. The molecule has 0 spiro atoms. The molecule has 0 aliphatic heterocycles. The maximum atomic E-state index is 12.6. The Morgan fingerprint density at radius 3 is 2.60 bits per heavy atom. The first-order valence-electron chi connectivity index (χ1n) is 7.24. The van der Waals surface area contributed by atoms with Gasteiger partial charge in [-0.25, -0.2) is 13.2 Å². The zero-order valence-corrected chi connectivity index (χ0v) is 14.3. The van der Waals surface area contributed by atoms with E-state index in [2.05, 4.69) is 9.71 Å². The van der Waals surface area contributed by atoms with Gasteiger partial charge in [0, 0.05) is 20.2 Å². The van der Waals surface area contributed by atoms with Crippen LogP contribution in [0.2, 0.25) is 0 Å². The fourth-order valence-corrected chi connectivity index (χ4v) is 3.39. The number of amides is 1. The third kappa shape index (κ3) is 3.26. The number of hydrogen-bond donors (Lipinski definition) is 2. The van der Waals surface area contributed by atoms with Gasteiger partial charge in [-0.05, 0) is 24.3 Å². The molecular weight excluding hydrogens is 346 g/mol. The fraction of sp³-hybridized carbons (Fsp3) is 0.125. The van der Waals surface area contributed by atoms with Gasteiger partial charge in [-0.1, -0.05) is 12.1 Å². The SMILES string of the molecule is CN(C)C(=O)c1ccccc1NS(=O)(=O)c1ccc2[nH]c(=O)oc2c1. The number of nitrogens with zero attached hydrogens (tertiary/aromatic N) is 1. The molecule has 2 N–H and O–H groups in total. The minimum atomic E-state index is -3.97. The van der Waals surface area contributed by atoms with Crippen LogP contribution in [0.3, 0.4) is 0 Å². The van der Waals surface area contributed by atoms with Crippen LogP contribution < -0.4 is 10.5 Å². The Morgan fingerprint density at radius 2 is 1.88 bits per heavy atom. The van der Waals surface area contributed by atoms with Gasteiger partial charge in [0.05, 0.1) is 21.7 Å². The quantitative estimate of drug-likeness (QED) is 0.733. The highest BCUT2D eigenvalue weighted by molar-refractivity contribution is 7.92. The van der Waals surface area contributed by atoms with Crippen molar-refractivity contribution in [1.82, 2.24) is 9.88 Å². The van der Waals surface area contributed by atoms with Gasteiger partial charge in [0.15, 0.2) is 5.58 Å². The van der Waals surface area contributed by atoms with Gasteiger partial charge in [0.25, 0.3) is 15.9 Å². The molecule has 1 heterocycles. The summed E-state index contributed by atoms with van der Waals surface area (Å²) < 4.78 is 32.5. The average Bonchev–Trinajstić information content (AvgIpc) is 2.93. The van der Waals surface area contributed by atoms with E-state index in [9.17, 15) is 18.0 Å². The van der Waals surface area contributed by atoms with Crippen molar-refractivity contribution in [3.8, 4) is 0 Å². The molecule has 0 aliphatic rings. The average molecular weight is 361 g/mol. The van der Waals surface area contributed by atoms with Crippen LogP contribution in [0.15, 0.2) is 56.6 Å². The van der Waals surface area contributed by atoms with E-state index in [1.165, 1.54) is 35.2 Å². The monoisotopic (exact) mass is 361 g/mol. The highest BCUT2D eigenvalue weighted by atomic mass is 32.2. The summed E-state index contributed by atoms with van der Waals surface area (Å²) in [5.41, 5.74) is 0.916. The van der Waals surface area contributed by atoms with Crippen molar-refractivity contribution in [2.45, 2.75) is 4.90 Å². The van der Waals surface area contributed by atoms with Crippen LogP contribution in [0.25, 0.3) is 11.1 Å². The van der Waals surface area contributed by atoms with E-state index in [1.807, 2.05) is 0 Å². The van der Waals surface area contributed by atoms with Gasteiger partial charge in [-0.2, -0.15) is 0 Å². The molecule has 1 amide bonds. The van der Waals surface area contributed by atoms with Crippen molar-refractivity contribution in [1.29, 1.82) is 0 Å². The molecule has 0 saturated carbocycles. The smallest absolute Gasteiger partial charge is 0.408 e. The minimum absolute atomic E-state index is 0.0881. The Kier molecular flexibility index (Phi) is 4.09. The summed E-state index contributed by atoms with van der Waals surface area (Å²) >= 11 is 0. The first-order valence-corrected chi connectivity index (χ1v) is 8.72. The molecule has 8 nitrogen and oxygen atoms in total. The lowest BCUT2D eigenvalue weighted by atomic mass is 10.1. The molecule has 2 aromatic carbocycles. The zero-order chi connectivity index (χ0) is 18.2. The van der Waals surface area contributed by atoms with Crippen molar-refractivity contribution in [3.05, 3.63) is 58.6 Å². The summed E-state index contributed by atoms with van der Waals surface area (Å²) in [5.74, 6) is -0.996. The topological polar surface area (TPSA) is 112 Å². The second-order valence-corrected chi connectivity index (χ2v) is 7.21. The van der Waals surface area contributed by atoms with Crippen molar-refractivity contribution >= 4 is 32.7 Å². The van der Waals surface area contributed by atoms with Crippen molar-refractivity contribution in [2.24, 2.45) is 0 Å². The van der Waals surface area contributed by atoms with Crippen LogP contribution in [0.4, 0.5) is 5.69 Å². The lowest BCUT2D eigenvalue weighted by Gasteiger charge is -2.15.